The molecule has 128 valence electrons. The largest absolute Gasteiger partial charge is 0.334 e. The molecule has 2 aromatic carbocycles. The van der Waals surface area contributed by atoms with Crippen molar-refractivity contribution in [2.24, 2.45) is 0 Å². The van der Waals surface area contributed by atoms with Gasteiger partial charge in [-0.05, 0) is 47.9 Å². The first kappa shape index (κ1) is 17.2. The fraction of sp³-hybridized carbons (Fsp3) is 0.158. The summed E-state index contributed by atoms with van der Waals surface area (Å²) in [5.74, 6) is 0. The number of carbonyl (C=O) groups excluding carboxylic acids is 1. The van der Waals surface area contributed by atoms with Crippen molar-refractivity contribution >= 4 is 27.6 Å². The molecule has 1 aromatic heterocycles. The Morgan fingerprint density at radius 3 is 2.68 bits per heavy atom. The van der Waals surface area contributed by atoms with Gasteiger partial charge in [0, 0.05) is 29.1 Å². The zero-order valence-electron chi connectivity index (χ0n) is 13.9. The van der Waals surface area contributed by atoms with Crippen molar-refractivity contribution in [1.29, 1.82) is 0 Å². The normalized spacial score (nSPS) is 10.5. The van der Waals surface area contributed by atoms with Gasteiger partial charge in [0.25, 0.3) is 0 Å². The van der Waals surface area contributed by atoms with E-state index in [1.165, 1.54) is 0 Å². The van der Waals surface area contributed by atoms with Crippen LogP contribution >= 0.6 is 15.9 Å². The van der Waals surface area contributed by atoms with Crippen molar-refractivity contribution in [3.05, 3.63) is 82.1 Å². The van der Waals surface area contributed by atoms with E-state index in [4.69, 9.17) is 0 Å². The summed E-state index contributed by atoms with van der Waals surface area (Å²) in [4.78, 5) is 12.2. The van der Waals surface area contributed by atoms with E-state index in [2.05, 4.69) is 37.7 Å². The quantitative estimate of drug-likeness (QED) is 0.671. The Balaban J connectivity index is 1.62. The van der Waals surface area contributed by atoms with E-state index in [-0.39, 0.29) is 6.03 Å². The van der Waals surface area contributed by atoms with Gasteiger partial charge in [0.05, 0.1) is 6.54 Å². The molecule has 3 aromatic rings. The van der Waals surface area contributed by atoms with Crippen LogP contribution in [0, 0.1) is 6.92 Å². The topological polar surface area (TPSA) is 59.0 Å². The summed E-state index contributed by atoms with van der Waals surface area (Å²) in [7, 11) is 0. The predicted octanol–water partition coefficient (Wildman–Crippen LogP) is 4.32. The average molecular weight is 399 g/mol. The molecule has 0 unspecified atom stereocenters. The van der Waals surface area contributed by atoms with E-state index in [1.807, 2.05) is 60.3 Å². The maximum atomic E-state index is 12.2. The summed E-state index contributed by atoms with van der Waals surface area (Å²) in [6, 6.07) is 15.5. The minimum absolute atomic E-state index is 0.223. The molecule has 2 amide bonds. The molecule has 0 atom stereocenters. The molecule has 1 heterocycles. The third-order valence-electron chi connectivity index (χ3n) is 3.89. The van der Waals surface area contributed by atoms with Crippen LogP contribution in [0.5, 0.6) is 0 Å². The first-order valence-corrected chi connectivity index (χ1v) is 8.76. The van der Waals surface area contributed by atoms with E-state index < -0.39 is 0 Å². The molecule has 5 nitrogen and oxygen atoms in total. The minimum Gasteiger partial charge on any atom is -0.334 e. The van der Waals surface area contributed by atoms with E-state index >= 15 is 0 Å². The molecular formula is C19H19BrN4O. The SMILES string of the molecule is Cc1cc(Br)ccc1NC(=O)NCc1ccccc1Cn1cccn1. The molecule has 3 rings (SSSR count). The van der Waals surface area contributed by atoms with Crippen molar-refractivity contribution in [3.8, 4) is 0 Å². The van der Waals surface area contributed by atoms with Crippen molar-refractivity contribution in [2.75, 3.05) is 5.32 Å². The number of aryl methyl sites for hydroxylation is 1. The lowest BCUT2D eigenvalue weighted by Crippen LogP contribution is -2.29. The predicted molar refractivity (Wildman–Crippen MR) is 103 cm³/mol. The summed E-state index contributed by atoms with van der Waals surface area (Å²) in [6.07, 6.45) is 3.68. The Labute approximate surface area is 155 Å². The van der Waals surface area contributed by atoms with Crippen molar-refractivity contribution < 1.29 is 4.79 Å². The van der Waals surface area contributed by atoms with Crippen LogP contribution in [0.2, 0.25) is 0 Å². The lowest BCUT2D eigenvalue weighted by molar-refractivity contribution is 0.251. The summed E-state index contributed by atoms with van der Waals surface area (Å²) >= 11 is 3.42. The van der Waals surface area contributed by atoms with Gasteiger partial charge >= 0.3 is 6.03 Å². The van der Waals surface area contributed by atoms with Gasteiger partial charge in [0.2, 0.25) is 0 Å². The van der Waals surface area contributed by atoms with Crippen LogP contribution in [0.15, 0.2) is 65.4 Å². The standard InChI is InChI=1S/C19H19BrN4O/c1-14-11-17(20)7-8-18(14)23-19(25)21-12-15-5-2-3-6-16(15)13-24-10-4-9-22-24/h2-11H,12-13H2,1H3,(H2,21,23,25). The number of hydrogen-bond donors (Lipinski definition) is 2. The molecule has 0 spiro atoms. The Morgan fingerprint density at radius 1 is 1.16 bits per heavy atom. The number of carbonyl (C=O) groups is 1. The molecule has 2 N–H and O–H groups in total. The van der Waals surface area contributed by atoms with Crippen molar-refractivity contribution in [2.45, 2.75) is 20.0 Å². The third kappa shape index (κ3) is 4.70. The van der Waals surface area contributed by atoms with Crippen LogP contribution in [0.25, 0.3) is 0 Å². The van der Waals surface area contributed by atoms with Gasteiger partial charge in [0.15, 0.2) is 0 Å². The lowest BCUT2D eigenvalue weighted by Gasteiger charge is -2.13. The molecule has 25 heavy (non-hydrogen) atoms. The van der Waals surface area contributed by atoms with Gasteiger partial charge < -0.3 is 10.6 Å². The van der Waals surface area contributed by atoms with Crippen LogP contribution < -0.4 is 10.6 Å². The molecule has 0 fully saturated rings. The van der Waals surface area contributed by atoms with Crippen LogP contribution in [0.4, 0.5) is 10.5 Å². The monoisotopic (exact) mass is 398 g/mol. The Hall–Kier alpha value is -2.60. The maximum Gasteiger partial charge on any atom is 0.319 e. The summed E-state index contributed by atoms with van der Waals surface area (Å²) in [6.45, 7) is 3.09. The number of rotatable bonds is 5. The highest BCUT2D eigenvalue weighted by atomic mass is 79.9. The number of aromatic nitrogens is 2. The minimum atomic E-state index is -0.223. The molecule has 0 radical (unpaired) electrons. The van der Waals surface area contributed by atoms with E-state index in [0.717, 1.165) is 26.9 Å². The summed E-state index contributed by atoms with van der Waals surface area (Å²) in [5, 5.41) is 10.0. The number of urea groups is 1. The second-order valence-corrected chi connectivity index (χ2v) is 6.65. The van der Waals surface area contributed by atoms with Gasteiger partial charge in [-0.25, -0.2) is 4.79 Å². The Bertz CT molecular complexity index is 862. The fourth-order valence-electron chi connectivity index (χ4n) is 2.56. The smallest absolute Gasteiger partial charge is 0.319 e. The fourth-order valence-corrected chi connectivity index (χ4v) is 3.04. The number of amides is 2. The number of halogens is 1. The zero-order chi connectivity index (χ0) is 17.6. The molecule has 0 saturated heterocycles. The number of nitrogens with zero attached hydrogens (tertiary/aromatic N) is 2. The van der Waals surface area contributed by atoms with Crippen molar-refractivity contribution in [3.63, 3.8) is 0 Å². The molecule has 0 aliphatic carbocycles. The van der Waals surface area contributed by atoms with Crippen LogP contribution in [0.3, 0.4) is 0 Å². The van der Waals surface area contributed by atoms with Crippen LogP contribution in [-0.4, -0.2) is 15.8 Å². The van der Waals surface area contributed by atoms with Crippen LogP contribution in [0.1, 0.15) is 16.7 Å². The maximum absolute atomic E-state index is 12.2. The van der Waals surface area contributed by atoms with E-state index in [1.54, 1.807) is 6.20 Å². The first-order valence-electron chi connectivity index (χ1n) is 7.97. The number of anilines is 1. The molecule has 0 aliphatic heterocycles. The molecule has 0 bridgehead atoms. The molecule has 0 aliphatic rings. The number of benzene rings is 2. The average Bonchev–Trinajstić information content (AvgIpc) is 3.10. The first-order chi connectivity index (χ1) is 12.1. The van der Waals surface area contributed by atoms with E-state index in [0.29, 0.717) is 13.1 Å². The van der Waals surface area contributed by atoms with Gasteiger partial charge in [-0.2, -0.15) is 5.10 Å². The highest BCUT2D eigenvalue weighted by molar-refractivity contribution is 9.10. The Kier molecular flexibility index (Phi) is 5.50. The zero-order valence-corrected chi connectivity index (χ0v) is 15.5. The highest BCUT2D eigenvalue weighted by Gasteiger charge is 2.07. The summed E-state index contributed by atoms with van der Waals surface area (Å²) in [5.41, 5.74) is 4.00. The molecule has 0 saturated carbocycles. The van der Waals surface area contributed by atoms with Crippen LogP contribution in [-0.2, 0) is 13.1 Å². The van der Waals surface area contributed by atoms with Gasteiger partial charge in [-0.1, -0.05) is 40.2 Å². The Morgan fingerprint density at radius 2 is 1.96 bits per heavy atom. The highest BCUT2D eigenvalue weighted by Crippen LogP contribution is 2.20. The van der Waals surface area contributed by atoms with Gasteiger partial charge in [-0.15, -0.1) is 0 Å². The van der Waals surface area contributed by atoms with Gasteiger partial charge in [0.1, 0.15) is 0 Å². The van der Waals surface area contributed by atoms with E-state index in [9.17, 15) is 4.79 Å². The second-order valence-electron chi connectivity index (χ2n) is 5.74. The second kappa shape index (κ2) is 7.98. The lowest BCUT2D eigenvalue weighted by atomic mass is 10.1. The summed E-state index contributed by atoms with van der Waals surface area (Å²) < 4.78 is 2.85. The number of nitrogens with one attached hydrogen (secondary N) is 2. The third-order valence-corrected chi connectivity index (χ3v) is 4.38. The molecular weight excluding hydrogens is 380 g/mol. The van der Waals surface area contributed by atoms with Crippen molar-refractivity contribution in [1.82, 2.24) is 15.1 Å². The number of hydrogen-bond acceptors (Lipinski definition) is 2. The molecule has 6 heteroatoms. The van der Waals surface area contributed by atoms with Gasteiger partial charge in [-0.3, -0.25) is 4.68 Å².